The normalized spacial score (nSPS) is 9.75. The van der Waals surface area contributed by atoms with Crippen molar-refractivity contribution in [2.24, 2.45) is 0 Å². The van der Waals surface area contributed by atoms with E-state index in [0.29, 0.717) is 6.42 Å². The van der Waals surface area contributed by atoms with Gasteiger partial charge in [-0.25, -0.2) is 0 Å². The second-order valence-corrected chi connectivity index (χ2v) is 3.57. The van der Waals surface area contributed by atoms with Gasteiger partial charge < -0.3 is 10.0 Å². The molecule has 3 nitrogen and oxygen atoms in total. The van der Waals surface area contributed by atoms with Crippen LogP contribution in [0.5, 0.6) is 0 Å². The number of carboxylic acids is 1. The van der Waals surface area contributed by atoms with Gasteiger partial charge in [-0.1, -0.05) is 24.3 Å². The van der Waals surface area contributed by atoms with Gasteiger partial charge >= 0.3 is 5.97 Å². The number of nitrogens with zero attached hydrogens (tertiary/aromatic N) is 1. The van der Waals surface area contributed by atoms with Crippen molar-refractivity contribution in [3.05, 3.63) is 43.0 Å². The van der Waals surface area contributed by atoms with Crippen LogP contribution in [-0.2, 0) is 4.79 Å². The van der Waals surface area contributed by atoms with Crippen LogP contribution in [-0.4, -0.2) is 24.2 Å². The molecule has 0 radical (unpaired) electrons. The highest BCUT2D eigenvalue weighted by atomic mass is 16.4. The number of para-hydroxylation sites is 1. The van der Waals surface area contributed by atoms with Gasteiger partial charge in [-0.3, -0.25) is 4.79 Å². The fourth-order valence-corrected chi connectivity index (χ4v) is 1.54. The van der Waals surface area contributed by atoms with Crippen molar-refractivity contribution in [2.75, 3.05) is 18.0 Å². The summed E-state index contributed by atoms with van der Waals surface area (Å²) in [5.41, 5.74) is 1.10. The van der Waals surface area contributed by atoms with Crippen molar-refractivity contribution in [3.63, 3.8) is 0 Å². The van der Waals surface area contributed by atoms with Crippen molar-refractivity contribution in [3.8, 4) is 0 Å². The van der Waals surface area contributed by atoms with Crippen LogP contribution in [0, 0.1) is 0 Å². The molecule has 0 unspecified atom stereocenters. The minimum atomic E-state index is -0.744. The predicted molar refractivity (Wildman–Crippen MR) is 65.7 cm³/mol. The average molecular weight is 219 g/mol. The summed E-state index contributed by atoms with van der Waals surface area (Å²) >= 11 is 0. The number of carbonyl (C=O) groups is 1. The van der Waals surface area contributed by atoms with Crippen molar-refractivity contribution in [2.45, 2.75) is 12.8 Å². The third-order valence-electron chi connectivity index (χ3n) is 2.29. The van der Waals surface area contributed by atoms with Crippen molar-refractivity contribution < 1.29 is 9.90 Å². The Hall–Kier alpha value is -1.77. The molecule has 0 saturated carbocycles. The standard InChI is InChI=1S/C13H17NO2/c1-2-10-14(11-6-9-13(15)16)12-7-4-3-5-8-12/h2-5,7-8H,1,6,9-11H2,(H,15,16). The highest BCUT2D eigenvalue weighted by Crippen LogP contribution is 2.13. The van der Waals surface area contributed by atoms with E-state index in [-0.39, 0.29) is 6.42 Å². The number of rotatable bonds is 7. The summed E-state index contributed by atoms with van der Waals surface area (Å²) in [6, 6.07) is 9.95. The van der Waals surface area contributed by atoms with Gasteiger partial charge in [0, 0.05) is 25.2 Å². The van der Waals surface area contributed by atoms with E-state index in [1.54, 1.807) is 0 Å². The molecule has 1 aromatic carbocycles. The molecule has 0 aliphatic rings. The van der Waals surface area contributed by atoms with E-state index in [1.807, 2.05) is 36.4 Å². The van der Waals surface area contributed by atoms with Gasteiger partial charge in [0.15, 0.2) is 0 Å². The number of aliphatic carboxylic acids is 1. The number of anilines is 1. The van der Waals surface area contributed by atoms with Crippen LogP contribution in [0.4, 0.5) is 5.69 Å². The summed E-state index contributed by atoms with van der Waals surface area (Å²) in [4.78, 5) is 12.6. The molecule has 86 valence electrons. The monoisotopic (exact) mass is 219 g/mol. The molecule has 0 saturated heterocycles. The first-order valence-corrected chi connectivity index (χ1v) is 5.36. The number of benzene rings is 1. The third kappa shape index (κ3) is 4.17. The molecule has 1 rings (SSSR count). The molecule has 1 N–H and O–H groups in total. The highest BCUT2D eigenvalue weighted by Gasteiger charge is 2.05. The van der Waals surface area contributed by atoms with Gasteiger partial charge in [-0.05, 0) is 18.6 Å². The van der Waals surface area contributed by atoms with Crippen LogP contribution in [0.2, 0.25) is 0 Å². The van der Waals surface area contributed by atoms with Gasteiger partial charge in [-0.2, -0.15) is 0 Å². The zero-order valence-corrected chi connectivity index (χ0v) is 9.30. The molecule has 0 aromatic heterocycles. The van der Waals surface area contributed by atoms with Crippen LogP contribution in [0.25, 0.3) is 0 Å². The molecule has 16 heavy (non-hydrogen) atoms. The molecule has 0 fully saturated rings. The highest BCUT2D eigenvalue weighted by molar-refractivity contribution is 5.66. The summed E-state index contributed by atoms with van der Waals surface area (Å²) in [5, 5.41) is 8.59. The van der Waals surface area contributed by atoms with E-state index >= 15 is 0 Å². The first-order chi connectivity index (χ1) is 7.74. The van der Waals surface area contributed by atoms with Gasteiger partial charge in [0.2, 0.25) is 0 Å². The molecule has 0 aliphatic heterocycles. The second-order valence-electron chi connectivity index (χ2n) is 3.57. The Morgan fingerprint density at radius 3 is 2.62 bits per heavy atom. The Balaban J connectivity index is 2.54. The zero-order valence-electron chi connectivity index (χ0n) is 9.30. The summed E-state index contributed by atoms with van der Waals surface area (Å²) < 4.78 is 0. The molecule has 0 atom stereocenters. The van der Waals surface area contributed by atoms with Crippen molar-refractivity contribution in [1.82, 2.24) is 0 Å². The van der Waals surface area contributed by atoms with E-state index in [0.717, 1.165) is 18.8 Å². The second kappa shape index (κ2) is 6.67. The van der Waals surface area contributed by atoms with E-state index in [9.17, 15) is 4.79 Å². The SMILES string of the molecule is C=CCN(CCCC(=O)O)c1ccccc1. The lowest BCUT2D eigenvalue weighted by atomic mass is 10.2. The molecule has 0 amide bonds. The number of hydrogen-bond donors (Lipinski definition) is 1. The molecule has 3 heteroatoms. The van der Waals surface area contributed by atoms with E-state index in [1.165, 1.54) is 0 Å². The fourth-order valence-electron chi connectivity index (χ4n) is 1.54. The maximum Gasteiger partial charge on any atom is 0.303 e. The van der Waals surface area contributed by atoms with Crippen LogP contribution >= 0.6 is 0 Å². The topological polar surface area (TPSA) is 40.5 Å². The zero-order chi connectivity index (χ0) is 11.8. The Morgan fingerprint density at radius 2 is 2.06 bits per heavy atom. The van der Waals surface area contributed by atoms with E-state index < -0.39 is 5.97 Å². The Kier molecular flexibility index (Phi) is 5.12. The predicted octanol–water partition coefficient (Wildman–Crippen LogP) is 2.54. The third-order valence-corrected chi connectivity index (χ3v) is 2.29. The molecule has 0 bridgehead atoms. The van der Waals surface area contributed by atoms with Crippen LogP contribution in [0.3, 0.4) is 0 Å². The lowest BCUT2D eigenvalue weighted by molar-refractivity contribution is -0.137. The minimum absolute atomic E-state index is 0.209. The Bertz CT molecular complexity index is 335. The van der Waals surface area contributed by atoms with E-state index in [2.05, 4.69) is 11.5 Å². The van der Waals surface area contributed by atoms with Crippen LogP contribution in [0.1, 0.15) is 12.8 Å². The van der Waals surface area contributed by atoms with Crippen LogP contribution in [0.15, 0.2) is 43.0 Å². The Labute approximate surface area is 96.0 Å². The van der Waals surface area contributed by atoms with Gasteiger partial charge in [0.1, 0.15) is 0 Å². The molecule has 1 aromatic rings. The lowest BCUT2D eigenvalue weighted by Crippen LogP contribution is -2.24. The largest absolute Gasteiger partial charge is 0.481 e. The van der Waals surface area contributed by atoms with Gasteiger partial charge in [0.05, 0.1) is 0 Å². The first kappa shape index (κ1) is 12.3. The molecular formula is C13H17NO2. The minimum Gasteiger partial charge on any atom is -0.481 e. The molecular weight excluding hydrogens is 202 g/mol. The van der Waals surface area contributed by atoms with Gasteiger partial charge in [0.25, 0.3) is 0 Å². The Morgan fingerprint density at radius 1 is 1.38 bits per heavy atom. The summed E-state index contributed by atoms with van der Waals surface area (Å²) in [6.07, 6.45) is 2.69. The number of hydrogen-bond acceptors (Lipinski definition) is 2. The quantitative estimate of drug-likeness (QED) is 0.716. The maximum atomic E-state index is 10.4. The molecule has 0 heterocycles. The van der Waals surface area contributed by atoms with E-state index in [4.69, 9.17) is 5.11 Å². The first-order valence-electron chi connectivity index (χ1n) is 5.36. The lowest BCUT2D eigenvalue weighted by Gasteiger charge is -2.22. The fraction of sp³-hybridized carbons (Fsp3) is 0.308. The summed E-state index contributed by atoms with van der Waals surface area (Å²) in [7, 11) is 0. The molecule has 0 spiro atoms. The van der Waals surface area contributed by atoms with Crippen molar-refractivity contribution >= 4 is 11.7 Å². The summed E-state index contributed by atoms with van der Waals surface area (Å²) in [6.45, 7) is 5.19. The van der Waals surface area contributed by atoms with Gasteiger partial charge in [-0.15, -0.1) is 6.58 Å². The summed E-state index contributed by atoms with van der Waals surface area (Å²) in [5.74, 6) is -0.744. The van der Waals surface area contributed by atoms with Crippen LogP contribution < -0.4 is 4.90 Å². The number of carboxylic acid groups (broad SMARTS) is 1. The molecule has 0 aliphatic carbocycles. The van der Waals surface area contributed by atoms with Crippen molar-refractivity contribution in [1.29, 1.82) is 0 Å². The smallest absolute Gasteiger partial charge is 0.303 e. The maximum absolute atomic E-state index is 10.4. The average Bonchev–Trinajstić information content (AvgIpc) is 2.29.